The van der Waals surface area contributed by atoms with Crippen LogP contribution in [-0.4, -0.2) is 72.8 Å². The number of aromatic nitrogens is 4. The fourth-order valence-corrected chi connectivity index (χ4v) is 2.42. The Morgan fingerprint density at radius 1 is 1.33 bits per heavy atom. The van der Waals surface area contributed by atoms with Crippen LogP contribution in [0.3, 0.4) is 0 Å². The van der Waals surface area contributed by atoms with E-state index in [1.165, 1.54) is 10.9 Å². The molecular weight excluding hydrogens is 332 g/mol. The summed E-state index contributed by atoms with van der Waals surface area (Å²) in [4.78, 5) is 11.6. The van der Waals surface area contributed by atoms with Crippen molar-refractivity contribution in [2.75, 3.05) is 18.9 Å². The summed E-state index contributed by atoms with van der Waals surface area (Å²) < 4.78 is 35.9. The topological polar surface area (TPSA) is 149 Å². The van der Waals surface area contributed by atoms with Gasteiger partial charge in [-0.25, -0.2) is 13.8 Å². The normalized spacial score (nSPS) is 27.2. The number of aliphatic hydroxyl groups is 3. The molecule has 4 atom stereocenters. The molecule has 1 saturated heterocycles. The van der Waals surface area contributed by atoms with Crippen molar-refractivity contribution in [3.63, 3.8) is 0 Å². The second-order valence-electron chi connectivity index (χ2n) is 5.15. The number of aliphatic hydroxyl groups excluding tert-OH is 3. The minimum absolute atomic E-state index is 0.0709. The number of hydrogen-bond acceptors (Lipinski definition) is 9. The number of halogens is 2. The van der Waals surface area contributed by atoms with E-state index in [1.54, 1.807) is 0 Å². The molecule has 12 heteroatoms. The third-order valence-corrected chi connectivity index (χ3v) is 3.56. The number of nitrogen functional groups attached to an aromatic ring is 1. The Bertz CT molecular complexity index is 729. The van der Waals surface area contributed by atoms with Crippen molar-refractivity contribution >= 4 is 17.0 Å². The minimum atomic E-state index is -2.71. The molecule has 0 aromatic carbocycles. The highest BCUT2D eigenvalue weighted by Crippen LogP contribution is 2.32. The van der Waals surface area contributed by atoms with Gasteiger partial charge in [0.15, 0.2) is 29.8 Å². The standard InChI is InChI=1S/C12H15F2N5O5/c13-5(14)2-23-12-17-9(15)6-10(18-12)19(3-16-6)11-8(22)7(21)4(1-20)24-11/h3-5,7-8,11,20-22H,1-2H2,(H2,15,17,18)/t4-,7-,8-,11-/m1/s1. The van der Waals surface area contributed by atoms with Crippen LogP contribution in [0, 0.1) is 0 Å². The maximum atomic E-state index is 12.2. The summed E-state index contributed by atoms with van der Waals surface area (Å²) in [5.74, 6) is -0.102. The Kier molecular flexibility index (Phi) is 4.45. The molecule has 0 saturated carbocycles. The zero-order chi connectivity index (χ0) is 17.4. The number of imidazole rings is 1. The first-order chi connectivity index (χ1) is 11.4. The maximum absolute atomic E-state index is 12.2. The molecule has 0 spiro atoms. The zero-order valence-electron chi connectivity index (χ0n) is 12.2. The molecule has 3 rings (SSSR count). The first-order valence-electron chi connectivity index (χ1n) is 6.95. The third-order valence-electron chi connectivity index (χ3n) is 3.56. The van der Waals surface area contributed by atoms with Gasteiger partial charge < -0.3 is 30.5 Å². The predicted octanol–water partition coefficient (Wildman–Crippen LogP) is -1.34. The van der Waals surface area contributed by atoms with Crippen molar-refractivity contribution < 1.29 is 33.6 Å². The Morgan fingerprint density at radius 3 is 2.71 bits per heavy atom. The van der Waals surface area contributed by atoms with Crippen LogP contribution in [0.1, 0.15) is 6.23 Å². The third kappa shape index (κ3) is 2.84. The summed E-state index contributed by atoms with van der Waals surface area (Å²) in [5, 5.41) is 29.0. The summed E-state index contributed by atoms with van der Waals surface area (Å²) in [6.07, 6.45) is -6.23. The number of nitrogens with two attached hydrogens (primary N) is 1. The summed E-state index contributed by atoms with van der Waals surface area (Å²) >= 11 is 0. The second-order valence-corrected chi connectivity index (χ2v) is 5.15. The summed E-state index contributed by atoms with van der Waals surface area (Å²) in [7, 11) is 0. The summed E-state index contributed by atoms with van der Waals surface area (Å²) in [6.45, 7) is -1.41. The molecule has 1 fully saturated rings. The average molecular weight is 347 g/mol. The number of rotatable bonds is 5. The Labute approximate surface area is 133 Å². The van der Waals surface area contributed by atoms with Crippen molar-refractivity contribution in [3.8, 4) is 6.01 Å². The molecule has 0 amide bonds. The predicted molar refractivity (Wildman–Crippen MR) is 74.2 cm³/mol. The Hall–Kier alpha value is -2.15. The van der Waals surface area contributed by atoms with Gasteiger partial charge in [-0.15, -0.1) is 0 Å². The number of fused-ring (bicyclic) bond motifs is 1. The van der Waals surface area contributed by atoms with Crippen LogP contribution in [0.15, 0.2) is 6.33 Å². The largest absolute Gasteiger partial charge is 0.457 e. The monoisotopic (exact) mass is 347 g/mol. The average Bonchev–Trinajstić information content (AvgIpc) is 3.08. The molecule has 5 N–H and O–H groups in total. The molecule has 2 aromatic rings. The highest BCUT2D eigenvalue weighted by Gasteiger charge is 2.44. The molecule has 1 aliphatic heterocycles. The number of nitrogens with zero attached hydrogens (tertiary/aromatic N) is 4. The van der Waals surface area contributed by atoms with Gasteiger partial charge in [0.2, 0.25) is 0 Å². The van der Waals surface area contributed by atoms with Crippen LogP contribution in [-0.2, 0) is 4.74 Å². The van der Waals surface area contributed by atoms with E-state index in [1.807, 2.05) is 0 Å². The molecule has 3 heterocycles. The van der Waals surface area contributed by atoms with E-state index in [9.17, 15) is 19.0 Å². The SMILES string of the molecule is Nc1nc(OCC(F)F)nc2c1ncn2[C@@H]1O[C@H](CO)[C@@H](O)[C@H]1O. The van der Waals surface area contributed by atoms with Gasteiger partial charge in [0, 0.05) is 0 Å². The quantitative estimate of drug-likeness (QED) is 0.516. The van der Waals surface area contributed by atoms with Gasteiger partial charge in [-0.3, -0.25) is 4.57 Å². The van der Waals surface area contributed by atoms with Gasteiger partial charge in [0.25, 0.3) is 6.43 Å². The van der Waals surface area contributed by atoms with Crippen LogP contribution in [0.5, 0.6) is 6.01 Å². The molecule has 0 unspecified atom stereocenters. The van der Waals surface area contributed by atoms with Crippen molar-refractivity contribution in [1.82, 2.24) is 19.5 Å². The zero-order valence-corrected chi connectivity index (χ0v) is 12.2. The first-order valence-corrected chi connectivity index (χ1v) is 6.95. The molecule has 132 valence electrons. The van der Waals surface area contributed by atoms with Crippen LogP contribution in [0.25, 0.3) is 11.2 Å². The number of hydrogen-bond donors (Lipinski definition) is 4. The lowest BCUT2D eigenvalue weighted by atomic mass is 10.1. The highest BCUT2D eigenvalue weighted by molar-refractivity contribution is 5.82. The van der Waals surface area contributed by atoms with E-state index >= 15 is 0 Å². The smallest absolute Gasteiger partial charge is 0.320 e. The van der Waals surface area contributed by atoms with Crippen molar-refractivity contribution in [1.29, 1.82) is 0 Å². The minimum Gasteiger partial charge on any atom is -0.457 e. The van der Waals surface area contributed by atoms with Crippen LogP contribution in [0.2, 0.25) is 0 Å². The van der Waals surface area contributed by atoms with Crippen LogP contribution < -0.4 is 10.5 Å². The van der Waals surface area contributed by atoms with Gasteiger partial charge in [0.1, 0.15) is 18.3 Å². The molecule has 2 aromatic heterocycles. The Morgan fingerprint density at radius 2 is 2.08 bits per heavy atom. The number of alkyl halides is 2. The lowest BCUT2D eigenvalue weighted by Gasteiger charge is -2.16. The fraction of sp³-hybridized carbons (Fsp3) is 0.583. The molecular formula is C12H15F2N5O5. The van der Waals surface area contributed by atoms with E-state index in [-0.39, 0.29) is 23.0 Å². The summed E-state index contributed by atoms with van der Waals surface area (Å²) in [5.41, 5.74) is 5.92. The van der Waals surface area contributed by atoms with Crippen molar-refractivity contribution in [2.24, 2.45) is 0 Å². The van der Waals surface area contributed by atoms with E-state index in [0.29, 0.717) is 0 Å². The van der Waals surface area contributed by atoms with Gasteiger partial charge in [0.05, 0.1) is 12.9 Å². The molecule has 10 nitrogen and oxygen atoms in total. The number of anilines is 1. The van der Waals surface area contributed by atoms with E-state index in [4.69, 9.17) is 20.3 Å². The Balaban J connectivity index is 1.97. The summed E-state index contributed by atoms with van der Waals surface area (Å²) in [6, 6.07) is -0.381. The van der Waals surface area contributed by atoms with Crippen molar-refractivity contribution in [2.45, 2.75) is 31.0 Å². The van der Waals surface area contributed by atoms with E-state index < -0.39 is 44.2 Å². The lowest BCUT2D eigenvalue weighted by Crippen LogP contribution is -2.33. The van der Waals surface area contributed by atoms with Crippen molar-refractivity contribution in [3.05, 3.63) is 6.33 Å². The lowest BCUT2D eigenvalue weighted by molar-refractivity contribution is -0.0511. The maximum Gasteiger partial charge on any atom is 0.320 e. The molecule has 24 heavy (non-hydrogen) atoms. The van der Waals surface area contributed by atoms with Gasteiger partial charge in [-0.05, 0) is 0 Å². The molecule has 1 aliphatic rings. The van der Waals surface area contributed by atoms with Crippen LogP contribution in [0.4, 0.5) is 14.6 Å². The van der Waals surface area contributed by atoms with Crippen LogP contribution >= 0.6 is 0 Å². The molecule has 0 aliphatic carbocycles. The van der Waals surface area contributed by atoms with E-state index in [2.05, 4.69) is 15.0 Å². The van der Waals surface area contributed by atoms with Gasteiger partial charge in [-0.2, -0.15) is 9.97 Å². The van der Waals surface area contributed by atoms with E-state index in [0.717, 1.165) is 0 Å². The first kappa shape index (κ1) is 16.7. The number of ether oxygens (including phenoxy) is 2. The van der Waals surface area contributed by atoms with Gasteiger partial charge in [-0.1, -0.05) is 0 Å². The molecule has 0 radical (unpaired) electrons. The molecule has 0 bridgehead atoms. The highest BCUT2D eigenvalue weighted by atomic mass is 19.3. The van der Waals surface area contributed by atoms with Gasteiger partial charge >= 0.3 is 6.01 Å². The fourth-order valence-electron chi connectivity index (χ4n) is 2.42. The second kappa shape index (κ2) is 6.39.